The van der Waals surface area contributed by atoms with Gasteiger partial charge in [0.25, 0.3) is 0 Å². The van der Waals surface area contributed by atoms with Crippen molar-refractivity contribution in [3.05, 3.63) is 218 Å². The summed E-state index contributed by atoms with van der Waals surface area (Å²) in [4.78, 5) is 15.6. The van der Waals surface area contributed by atoms with Crippen molar-refractivity contribution < 1.29 is 13.3 Å². The van der Waals surface area contributed by atoms with Gasteiger partial charge >= 0.3 is 0 Å². The molecular formula is C63H36N4O3. The topological polar surface area (TPSA) is 83.0 Å². The number of rotatable bonds is 6. The largest absolute Gasteiger partial charge is 0.456 e. The minimum Gasteiger partial charge on any atom is -0.456 e. The standard InChI is InChI=1S/C63H36N4O3/c1-3-15-37(16-4-1)61-64-62(46-24-13-28-54-58(46)44-20-8-10-27-52(44)68-54)66-63(65-61)47-25-14-29-55-59(47)49-36-38(32-34-53(49)69-55)41-21-12-30-56-57(41)45-23-11-22-42(60(45)70-56)39-31-33-51-48(35-39)43-19-7-9-26-50(43)67(51)40-17-5-2-6-18-40/h1-36H. The fourth-order valence-electron chi connectivity index (χ4n) is 10.8. The first-order valence-corrected chi connectivity index (χ1v) is 23.4. The van der Waals surface area contributed by atoms with Gasteiger partial charge in [-0.2, -0.15) is 0 Å². The van der Waals surface area contributed by atoms with E-state index >= 15 is 0 Å². The Labute approximate surface area is 399 Å². The lowest BCUT2D eigenvalue weighted by Crippen LogP contribution is -2.00. The summed E-state index contributed by atoms with van der Waals surface area (Å²) in [6.07, 6.45) is 0. The van der Waals surface area contributed by atoms with Crippen LogP contribution in [0.15, 0.2) is 232 Å². The molecule has 15 rings (SSSR count). The number of para-hydroxylation sites is 4. The molecule has 0 saturated heterocycles. The Morgan fingerprint density at radius 3 is 1.56 bits per heavy atom. The maximum Gasteiger partial charge on any atom is 0.164 e. The van der Waals surface area contributed by atoms with Crippen LogP contribution in [0.2, 0.25) is 0 Å². The molecule has 0 unspecified atom stereocenters. The van der Waals surface area contributed by atoms with Crippen molar-refractivity contribution in [2.75, 3.05) is 0 Å². The Hall–Kier alpha value is -9.59. The molecule has 0 radical (unpaired) electrons. The minimum absolute atomic E-state index is 0.547. The highest BCUT2D eigenvalue weighted by Gasteiger charge is 2.23. The second kappa shape index (κ2) is 15.0. The van der Waals surface area contributed by atoms with Gasteiger partial charge in [0.15, 0.2) is 17.5 Å². The van der Waals surface area contributed by atoms with Crippen molar-refractivity contribution in [3.8, 4) is 62.1 Å². The van der Waals surface area contributed by atoms with Crippen molar-refractivity contribution in [1.82, 2.24) is 19.5 Å². The van der Waals surface area contributed by atoms with Crippen molar-refractivity contribution >= 4 is 87.6 Å². The van der Waals surface area contributed by atoms with Crippen LogP contribution in [0.3, 0.4) is 0 Å². The number of benzene rings is 10. The Balaban J connectivity index is 0.895. The van der Waals surface area contributed by atoms with Crippen LogP contribution < -0.4 is 0 Å². The predicted molar refractivity (Wildman–Crippen MR) is 283 cm³/mol. The molecule has 5 aromatic heterocycles. The second-order valence-corrected chi connectivity index (χ2v) is 17.8. The number of hydrogen-bond donors (Lipinski definition) is 0. The lowest BCUT2D eigenvalue weighted by Gasteiger charge is -2.10. The third-order valence-electron chi connectivity index (χ3n) is 13.9. The molecule has 0 saturated carbocycles. The fourth-order valence-corrected chi connectivity index (χ4v) is 10.8. The summed E-state index contributed by atoms with van der Waals surface area (Å²) in [6.45, 7) is 0. The second-order valence-electron chi connectivity index (χ2n) is 17.8. The molecule has 70 heavy (non-hydrogen) atoms. The van der Waals surface area contributed by atoms with Crippen LogP contribution in [0.25, 0.3) is 150 Å². The summed E-state index contributed by atoms with van der Waals surface area (Å²) in [5, 5.41) is 8.38. The molecule has 10 aromatic carbocycles. The molecule has 0 atom stereocenters. The third-order valence-corrected chi connectivity index (χ3v) is 13.9. The molecule has 0 amide bonds. The Kier molecular flexibility index (Phi) is 8.23. The van der Waals surface area contributed by atoms with Gasteiger partial charge in [0, 0.05) is 71.0 Å². The van der Waals surface area contributed by atoms with E-state index < -0.39 is 0 Å². The molecule has 0 N–H and O–H groups in total. The predicted octanol–water partition coefficient (Wildman–Crippen LogP) is 17.0. The molecule has 0 fully saturated rings. The highest BCUT2D eigenvalue weighted by molar-refractivity contribution is 6.19. The summed E-state index contributed by atoms with van der Waals surface area (Å²) in [7, 11) is 0. The van der Waals surface area contributed by atoms with E-state index in [1.165, 1.54) is 16.3 Å². The molecule has 7 nitrogen and oxygen atoms in total. The molecule has 326 valence electrons. The van der Waals surface area contributed by atoms with E-state index in [1.807, 2.05) is 72.8 Å². The summed E-state index contributed by atoms with van der Waals surface area (Å²) < 4.78 is 22.2. The SMILES string of the molecule is c1ccc(-c2nc(-c3cccc4oc5ccccc5c34)nc(-c3cccc4oc5ccc(-c6cccc7oc8c(-c9ccc%10c(c9)c9ccccc9n%10-c9ccccc9)cccc8c67)cc5c34)n2)cc1. The molecule has 0 aliphatic heterocycles. The van der Waals surface area contributed by atoms with Crippen molar-refractivity contribution in [2.45, 2.75) is 0 Å². The molecule has 0 bridgehead atoms. The lowest BCUT2D eigenvalue weighted by atomic mass is 9.95. The monoisotopic (exact) mass is 896 g/mol. The lowest BCUT2D eigenvalue weighted by molar-refractivity contribution is 0.668. The smallest absolute Gasteiger partial charge is 0.164 e. The molecular weight excluding hydrogens is 861 g/mol. The van der Waals surface area contributed by atoms with Gasteiger partial charge < -0.3 is 17.8 Å². The van der Waals surface area contributed by atoms with E-state index in [2.05, 4.69) is 150 Å². The Morgan fingerprint density at radius 2 is 0.786 bits per heavy atom. The van der Waals surface area contributed by atoms with E-state index in [0.717, 1.165) is 116 Å². The highest BCUT2D eigenvalue weighted by Crippen LogP contribution is 2.45. The minimum atomic E-state index is 0.547. The van der Waals surface area contributed by atoms with Gasteiger partial charge in [0.2, 0.25) is 0 Å². The fraction of sp³-hybridized carbons (Fsp3) is 0. The van der Waals surface area contributed by atoms with Crippen LogP contribution in [0.1, 0.15) is 0 Å². The van der Waals surface area contributed by atoms with Gasteiger partial charge in [-0.1, -0.05) is 152 Å². The first kappa shape index (κ1) is 38.5. The van der Waals surface area contributed by atoms with E-state index in [-0.39, 0.29) is 0 Å². The molecule has 0 aliphatic carbocycles. The molecule has 15 aromatic rings. The van der Waals surface area contributed by atoms with Crippen LogP contribution in [0, 0.1) is 0 Å². The molecule has 0 spiro atoms. The maximum atomic E-state index is 6.88. The summed E-state index contributed by atoms with van der Waals surface area (Å²) in [5.74, 6) is 1.68. The van der Waals surface area contributed by atoms with Gasteiger partial charge in [0.05, 0.1) is 11.0 Å². The van der Waals surface area contributed by atoms with Crippen LogP contribution in [-0.4, -0.2) is 19.5 Å². The Morgan fingerprint density at radius 1 is 0.286 bits per heavy atom. The number of hydrogen-bond acceptors (Lipinski definition) is 6. The van der Waals surface area contributed by atoms with E-state index in [1.54, 1.807) is 0 Å². The normalized spacial score (nSPS) is 12.0. The number of furan rings is 3. The number of nitrogens with zero attached hydrogens (tertiary/aromatic N) is 4. The zero-order valence-corrected chi connectivity index (χ0v) is 37.3. The van der Waals surface area contributed by atoms with Crippen molar-refractivity contribution in [1.29, 1.82) is 0 Å². The first-order chi connectivity index (χ1) is 34.7. The quantitative estimate of drug-likeness (QED) is 0.165. The summed E-state index contributed by atoms with van der Waals surface area (Å²) >= 11 is 0. The van der Waals surface area contributed by atoms with Gasteiger partial charge in [-0.25, -0.2) is 15.0 Å². The molecule has 5 heterocycles. The molecule has 0 aliphatic rings. The van der Waals surface area contributed by atoms with Crippen LogP contribution >= 0.6 is 0 Å². The van der Waals surface area contributed by atoms with Crippen LogP contribution in [-0.2, 0) is 0 Å². The zero-order chi connectivity index (χ0) is 45.9. The van der Waals surface area contributed by atoms with Crippen molar-refractivity contribution in [3.63, 3.8) is 0 Å². The van der Waals surface area contributed by atoms with Crippen LogP contribution in [0.5, 0.6) is 0 Å². The summed E-state index contributed by atoms with van der Waals surface area (Å²) in [6, 6.07) is 75.6. The average Bonchev–Trinajstić information content (AvgIpc) is 4.20. The van der Waals surface area contributed by atoms with Gasteiger partial charge in [-0.05, 0) is 83.4 Å². The zero-order valence-electron chi connectivity index (χ0n) is 37.3. The highest BCUT2D eigenvalue weighted by atomic mass is 16.3. The third kappa shape index (κ3) is 5.79. The molecule has 7 heteroatoms. The van der Waals surface area contributed by atoms with Crippen LogP contribution in [0.4, 0.5) is 0 Å². The number of aromatic nitrogens is 4. The maximum absolute atomic E-state index is 6.88. The van der Waals surface area contributed by atoms with Gasteiger partial charge in [-0.3, -0.25) is 0 Å². The van der Waals surface area contributed by atoms with E-state index in [9.17, 15) is 0 Å². The van der Waals surface area contributed by atoms with E-state index in [0.29, 0.717) is 17.5 Å². The average molecular weight is 897 g/mol. The van der Waals surface area contributed by atoms with E-state index in [4.69, 9.17) is 28.2 Å². The summed E-state index contributed by atoms with van der Waals surface area (Å²) in [5.41, 5.74) is 15.1. The number of fused-ring (bicyclic) bond motifs is 12. The van der Waals surface area contributed by atoms with Crippen molar-refractivity contribution in [2.24, 2.45) is 0 Å². The Bertz CT molecular complexity index is 4600. The van der Waals surface area contributed by atoms with Gasteiger partial charge in [-0.15, -0.1) is 0 Å². The first-order valence-electron chi connectivity index (χ1n) is 23.4. The van der Waals surface area contributed by atoms with Gasteiger partial charge in [0.1, 0.15) is 33.5 Å².